The van der Waals surface area contributed by atoms with Crippen LogP contribution in [-0.4, -0.2) is 38.2 Å². The van der Waals surface area contributed by atoms with Crippen molar-refractivity contribution in [2.75, 3.05) is 11.9 Å². The maximum atomic E-state index is 13.1. The van der Waals surface area contributed by atoms with Crippen molar-refractivity contribution >= 4 is 39.7 Å². The summed E-state index contributed by atoms with van der Waals surface area (Å²) in [6.45, 7) is 3.87. The summed E-state index contributed by atoms with van der Waals surface area (Å²) in [6.07, 6.45) is 2.68. The number of fused-ring (bicyclic) bond motifs is 2. The van der Waals surface area contributed by atoms with Gasteiger partial charge in [0, 0.05) is 10.9 Å². The predicted molar refractivity (Wildman–Crippen MR) is 122 cm³/mol. The van der Waals surface area contributed by atoms with Gasteiger partial charge < -0.3 is 14.5 Å². The third kappa shape index (κ3) is 3.69. The molecule has 5 aromatic rings. The summed E-state index contributed by atoms with van der Waals surface area (Å²) in [7, 11) is 0. The molecular weight excluding hydrogens is 422 g/mol. The number of anilines is 1. The van der Waals surface area contributed by atoms with Crippen LogP contribution in [0.25, 0.3) is 27.8 Å². The maximum absolute atomic E-state index is 13.1. The van der Waals surface area contributed by atoms with Gasteiger partial charge in [-0.05, 0) is 49.7 Å². The summed E-state index contributed by atoms with van der Waals surface area (Å²) in [5.74, 6) is -0.405. The van der Waals surface area contributed by atoms with Crippen molar-refractivity contribution in [3.05, 3.63) is 77.8 Å². The molecule has 0 spiro atoms. The molecule has 5 rings (SSSR count). The van der Waals surface area contributed by atoms with Crippen LogP contribution in [0.5, 0.6) is 0 Å². The van der Waals surface area contributed by atoms with Gasteiger partial charge >= 0.3 is 5.97 Å². The number of ether oxygens (including phenoxy) is 1. The van der Waals surface area contributed by atoms with E-state index in [0.29, 0.717) is 22.5 Å². The number of rotatable bonds is 5. The van der Waals surface area contributed by atoms with Gasteiger partial charge in [-0.3, -0.25) is 4.79 Å². The Kier molecular flexibility index (Phi) is 5.06. The fraction of sp³-hybridized carbons (Fsp3) is 0.125. The SMILES string of the molecule is CCOC(=O)c1cnn(-c2cc(C)c3ccccc3n2)c1NC(=O)c1ccc2ocnc2c1. The molecule has 0 atom stereocenters. The van der Waals surface area contributed by atoms with Crippen LogP contribution in [0.15, 0.2) is 65.5 Å². The normalized spacial score (nSPS) is 11.1. The third-order valence-corrected chi connectivity index (χ3v) is 5.22. The van der Waals surface area contributed by atoms with Crippen LogP contribution in [-0.2, 0) is 4.74 Å². The number of nitrogens with one attached hydrogen (secondary N) is 1. The van der Waals surface area contributed by atoms with Gasteiger partial charge in [0.05, 0.1) is 18.3 Å². The lowest BCUT2D eigenvalue weighted by Gasteiger charge is -2.12. The highest BCUT2D eigenvalue weighted by atomic mass is 16.5. The largest absolute Gasteiger partial charge is 0.462 e. The zero-order valence-corrected chi connectivity index (χ0v) is 17.9. The Morgan fingerprint density at radius 2 is 1.97 bits per heavy atom. The van der Waals surface area contributed by atoms with Gasteiger partial charge in [-0.2, -0.15) is 9.78 Å². The fourth-order valence-corrected chi connectivity index (χ4v) is 3.62. The lowest BCUT2D eigenvalue weighted by atomic mass is 10.1. The summed E-state index contributed by atoms with van der Waals surface area (Å²) in [6, 6.07) is 14.5. The van der Waals surface area contributed by atoms with Crippen molar-refractivity contribution in [3.63, 3.8) is 0 Å². The highest BCUT2D eigenvalue weighted by Crippen LogP contribution is 2.25. The molecule has 3 heterocycles. The van der Waals surface area contributed by atoms with E-state index in [1.807, 2.05) is 37.3 Å². The zero-order chi connectivity index (χ0) is 22.9. The molecular formula is C24H19N5O4. The smallest absolute Gasteiger partial charge is 0.343 e. The number of benzene rings is 2. The molecule has 0 radical (unpaired) electrons. The lowest BCUT2D eigenvalue weighted by Crippen LogP contribution is -2.18. The second kappa shape index (κ2) is 8.19. The van der Waals surface area contributed by atoms with E-state index in [2.05, 4.69) is 20.4 Å². The standard InChI is InChI=1S/C24H19N5O4/c1-3-32-24(31)17-12-26-29(21-10-14(2)16-6-4-5-7-18(16)27-21)22(17)28-23(30)15-8-9-20-19(11-15)25-13-33-20/h4-13H,3H2,1-2H3,(H,28,30). The van der Waals surface area contributed by atoms with E-state index < -0.39 is 11.9 Å². The first-order valence-electron chi connectivity index (χ1n) is 10.3. The monoisotopic (exact) mass is 441 g/mol. The molecule has 9 heteroatoms. The average molecular weight is 441 g/mol. The fourth-order valence-electron chi connectivity index (χ4n) is 3.62. The molecule has 0 unspecified atom stereocenters. The van der Waals surface area contributed by atoms with E-state index in [4.69, 9.17) is 9.15 Å². The van der Waals surface area contributed by atoms with Gasteiger partial charge in [0.15, 0.2) is 23.6 Å². The number of oxazole rings is 1. The van der Waals surface area contributed by atoms with Crippen molar-refractivity contribution in [2.45, 2.75) is 13.8 Å². The third-order valence-electron chi connectivity index (χ3n) is 5.22. The van der Waals surface area contributed by atoms with Gasteiger partial charge in [-0.15, -0.1) is 0 Å². The minimum absolute atomic E-state index is 0.125. The van der Waals surface area contributed by atoms with Gasteiger partial charge in [-0.25, -0.2) is 14.8 Å². The van der Waals surface area contributed by atoms with Crippen molar-refractivity contribution in [3.8, 4) is 5.82 Å². The Hall–Kier alpha value is -4.53. The molecule has 0 aliphatic heterocycles. The van der Waals surface area contributed by atoms with Crippen molar-refractivity contribution < 1.29 is 18.7 Å². The Morgan fingerprint density at radius 3 is 2.82 bits per heavy atom. The van der Waals surface area contributed by atoms with Gasteiger partial charge in [-0.1, -0.05) is 18.2 Å². The first-order valence-corrected chi connectivity index (χ1v) is 10.3. The molecule has 0 aliphatic rings. The van der Waals surface area contributed by atoms with Crippen molar-refractivity contribution in [2.24, 2.45) is 0 Å². The first-order chi connectivity index (χ1) is 16.0. The number of hydrogen-bond acceptors (Lipinski definition) is 7. The molecule has 2 aromatic carbocycles. The summed E-state index contributed by atoms with van der Waals surface area (Å²) in [4.78, 5) is 34.4. The van der Waals surface area contributed by atoms with E-state index in [1.54, 1.807) is 25.1 Å². The van der Waals surface area contributed by atoms with Gasteiger partial charge in [0.25, 0.3) is 5.91 Å². The van der Waals surface area contributed by atoms with E-state index >= 15 is 0 Å². The number of carbonyl (C=O) groups excluding carboxylic acids is 2. The molecule has 1 amide bonds. The molecule has 9 nitrogen and oxygen atoms in total. The number of aryl methyl sites for hydroxylation is 1. The van der Waals surface area contributed by atoms with Crippen LogP contribution in [0.4, 0.5) is 5.82 Å². The van der Waals surface area contributed by atoms with E-state index in [0.717, 1.165) is 16.5 Å². The van der Waals surface area contributed by atoms with Crippen LogP contribution in [0.3, 0.4) is 0 Å². The first kappa shape index (κ1) is 20.4. The number of pyridine rings is 1. The van der Waals surface area contributed by atoms with E-state index in [1.165, 1.54) is 17.3 Å². The molecule has 33 heavy (non-hydrogen) atoms. The molecule has 0 bridgehead atoms. The van der Waals surface area contributed by atoms with E-state index in [-0.39, 0.29) is 18.0 Å². The van der Waals surface area contributed by atoms with Crippen LogP contribution in [0.1, 0.15) is 33.2 Å². The number of amides is 1. The summed E-state index contributed by atoms with van der Waals surface area (Å²) in [5.41, 5.74) is 3.35. The molecule has 164 valence electrons. The van der Waals surface area contributed by atoms with Crippen molar-refractivity contribution in [1.82, 2.24) is 19.7 Å². The lowest BCUT2D eigenvalue weighted by molar-refractivity contribution is 0.0527. The minimum atomic E-state index is -0.594. The molecule has 0 saturated heterocycles. The maximum Gasteiger partial charge on any atom is 0.343 e. The highest BCUT2D eigenvalue weighted by Gasteiger charge is 2.23. The number of esters is 1. The molecule has 1 N–H and O–H groups in total. The Balaban J connectivity index is 1.59. The molecule has 3 aromatic heterocycles. The van der Waals surface area contributed by atoms with Crippen LogP contribution >= 0.6 is 0 Å². The molecule has 0 saturated carbocycles. The summed E-state index contributed by atoms with van der Waals surface area (Å²) < 4.78 is 11.8. The number of carbonyl (C=O) groups is 2. The second-order valence-electron chi connectivity index (χ2n) is 7.34. The Bertz CT molecular complexity index is 1520. The van der Waals surface area contributed by atoms with Crippen molar-refractivity contribution in [1.29, 1.82) is 0 Å². The predicted octanol–water partition coefficient (Wildman–Crippen LogP) is 4.30. The Labute approximate surface area is 188 Å². The van der Waals surface area contributed by atoms with Crippen LogP contribution < -0.4 is 5.32 Å². The number of aromatic nitrogens is 4. The average Bonchev–Trinajstić information content (AvgIpc) is 3.45. The zero-order valence-electron chi connectivity index (χ0n) is 17.9. The van der Waals surface area contributed by atoms with Crippen LogP contribution in [0.2, 0.25) is 0 Å². The summed E-state index contributed by atoms with van der Waals surface area (Å²) >= 11 is 0. The molecule has 0 aliphatic carbocycles. The second-order valence-corrected chi connectivity index (χ2v) is 7.34. The number of para-hydroxylation sites is 1. The Morgan fingerprint density at radius 1 is 1.12 bits per heavy atom. The highest BCUT2D eigenvalue weighted by molar-refractivity contribution is 6.08. The quantitative estimate of drug-likeness (QED) is 0.405. The number of nitrogens with zero attached hydrogens (tertiary/aromatic N) is 4. The van der Waals surface area contributed by atoms with Gasteiger partial charge in [0.1, 0.15) is 11.1 Å². The number of hydrogen-bond donors (Lipinski definition) is 1. The van der Waals surface area contributed by atoms with Crippen LogP contribution in [0, 0.1) is 6.92 Å². The van der Waals surface area contributed by atoms with E-state index in [9.17, 15) is 9.59 Å². The van der Waals surface area contributed by atoms with Gasteiger partial charge in [0.2, 0.25) is 0 Å². The summed E-state index contributed by atoms with van der Waals surface area (Å²) in [5, 5.41) is 8.14. The minimum Gasteiger partial charge on any atom is -0.462 e. The molecule has 0 fully saturated rings. The topological polar surface area (TPSA) is 112 Å².